The summed E-state index contributed by atoms with van der Waals surface area (Å²) in [6.45, 7) is 1.58. The highest BCUT2D eigenvalue weighted by molar-refractivity contribution is 7.18. The van der Waals surface area contributed by atoms with Crippen molar-refractivity contribution in [2.45, 2.75) is 13.0 Å². The number of ether oxygens (including phenoxy) is 2. The van der Waals surface area contributed by atoms with Crippen LogP contribution in [0.15, 0.2) is 36.4 Å². The van der Waals surface area contributed by atoms with Gasteiger partial charge in [0.05, 0.1) is 12.1 Å². The molecule has 116 valence electrons. The Bertz CT molecular complexity index is 668. The third-order valence-electron chi connectivity index (χ3n) is 2.73. The molecule has 1 atom stereocenters. The second-order valence-electron chi connectivity index (χ2n) is 4.36. The maximum atomic E-state index is 12.8. The van der Waals surface area contributed by atoms with Crippen LogP contribution in [-0.2, 0) is 9.53 Å². The molecule has 1 amide bonds. The van der Waals surface area contributed by atoms with Gasteiger partial charge in [0.2, 0.25) is 0 Å². The number of esters is 1. The lowest BCUT2D eigenvalue weighted by Crippen LogP contribution is -2.29. The van der Waals surface area contributed by atoms with E-state index in [0.29, 0.717) is 15.6 Å². The summed E-state index contributed by atoms with van der Waals surface area (Å²) < 4.78 is 22.8. The summed E-state index contributed by atoms with van der Waals surface area (Å²) in [6, 6.07) is 8.57. The Hall–Kier alpha value is -2.41. The van der Waals surface area contributed by atoms with Crippen molar-refractivity contribution in [3.8, 4) is 5.75 Å². The average molecular weight is 323 g/mol. The van der Waals surface area contributed by atoms with Crippen LogP contribution >= 0.6 is 11.3 Å². The lowest BCUT2D eigenvalue weighted by Gasteiger charge is -2.13. The van der Waals surface area contributed by atoms with Crippen LogP contribution in [0, 0.1) is 5.82 Å². The molecule has 0 saturated carbocycles. The van der Waals surface area contributed by atoms with Crippen molar-refractivity contribution < 1.29 is 23.5 Å². The van der Waals surface area contributed by atoms with E-state index in [9.17, 15) is 14.0 Å². The summed E-state index contributed by atoms with van der Waals surface area (Å²) in [4.78, 5) is 23.7. The SMILES string of the molecule is COC(=O)c1ccc(NC(=O)C(C)Oc2ccc(F)cc2)s1. The fraction of sp³-hybridized carbons (Fsp3) is 0.200. The number of hydrogen-bond donors (Lipinski definition) is 1. The van der Waals surface area contributed by atoms with Crippen LogP contribution < -0.4 is 10.1 Å². The third-order valence-corrected chi connectivity index (χ3v) is 3.72. The van der Waals surface area contributed by atoms with Gasteiger partial charge in [-0.05, 0) is 43.3 Å². The molecule has 0 aliphatic rings. The van der Waals surface area contributed by atoms with E-state index in [4.69, 9.17) is 4.74 Å². The second kappa shape index (κ2) is 7.04. The van der Waals surface area contributed by atoms with Crippen LogP contribution in [-0.4, -0.2) is 25.1 Å². The fourth-order valence-electron chi connectivity index (χ4n) is 1.61. The molecule has 0 aliphatic heterocycles. The molecule has 1 unspecified atom stereocenters. The number of halogens is 1. The van der Waals surface area contributed by atoms with Gasteiger partial charge in [-0.2, -0.15) is 0 Å². The quantitative estimate of drug-likeness (QED) is 0.859. The van der Waals surface area contributed by atoms with Gasteiger partial charge in [-0.25, -0.2) is 9.18 Å². The van der Waals surface area contributed by atoms with Gasteiger partial charge in [0.15, 0.2) is 6.10 Å². The smallest absolute Gasteiger partial charge is 0.348 e. The van der Waals surface area contributed by atoms with E-state index in [1.54, 1.807) is 19.1 Å². The van der Waals surface area contributed by atoms with Crippen LogP contribution in [0.3, 0.4) is 0 Å². The summed E-state index contributed by atoms with van der Waals surface area (Å²) >= 11 is 1.11. The van der Waals surface area contributed by atoms with E-state index in [1.807, 2.05) is 0 Å². The van der Waals surface area contributed by atoms with Crippen molar-refractivity contribution in [3.05, 3.63) is 47.1 Å². The van der Waals surface area contributed by atoms with Gasteiger partial charge in [-0.3, -0.25) is 4.79 Å². The Morgan fingerprint density at radius 2 is 1.86 bits per heavy atom. The van der Waals surface area contributed by atoms with Gasteiger partial charge >= 0.3 is 5.97 Å². The predicted molar refractivity (Wildman–Crippen MR) is 80.8 cm³/mol. The largest absolute Gasteiger partial charge is 0.481 e. The Morgan fingerprint density at radius 3 is 2.50 bits per heavy atom. The highest BCUT2D eigenvalue weighted by Crippen LogP contribution is 2.23. The zero-order chi connectivity index (χ0) is 16.1. The molecule has 22 heavy (non-hydrogen) atoms. The van der Waals surface area contributed by atoms with E-state index >= 15 is 0 Å². The average Bonchev–Trinajstić information content (AvgIpc) is 2.97. The summed E-state index contributed by atoms with van der Waals surface area (Å²) in [6.07, 6.45) is -0.769. The highest BCUT2D eigenvalue weighted by atomic mass is 32.1. The number of hydrogen-bond acceptors (Lipinski definition) is 5. The zero-order valence-corrected chi connectivity index (χ0v) is 12.8. The molecule has 0 spiro atoms. The van der Waals surface area contributed by atoms with Crippen molar-refractivity contribution >= 4 is 28.2 Å². The zero-order valence-electron chi connectivity index (χ0n) is 12.0. The Labute approximate surface area is 130 Å². The van der Waals surface area contributed by atoms with Crippen molar-refractivity contribution in [1.82, 2.24) is 0 Å². The number of anilines is 1. The molecule has 2 aromatic rings. The molecule has 0 aliphatic carbocycles. The van der Waals surface area contributed by atoms with E-state index in [2.05, 4.69) is 10.1 Å². The van der Waals surface area contributed by atoms with Gasteiger partial charge in [0, 0.05) is 0 Å². The van der Waals surface area contributed by atoms with E-state index in [1.165, 1.54) is 31.4 Å². The molecule has 0 saturated heterocycles. The van der Waals surface area contributed by atoms with Crippen LogP contribution in [0.1, 0.15) is 16.6 Å². The molecule has 0 radical (unpaired) electrons. The lowest BCUT2D eigenvalue weighted by molar-refractivity contribution is -0.122. The van der Waals surface area contributed by atoms with E-state index in [0.717, 1.165) is 11.3 Å². The van der Waals surface area contributed by atoms with Gasteiger partial charge < -0.3 is 14.8 Å². The first-order valence-electron chi connectivity index (χ1n) is 6.41. The van der Waals surface area contributed by atoms with Crippen molar-refractivity contribution in [1.29, 1.82) is 0 Å². The number of methoxy groups -OCH3 is 1. The van der Waals surface area contributed by atoms with Gasteiger partial charge in [-0.1, -0.05) is 0 Å². The minimum absolute atomic E-state index is 0.373. The van der Waals surface area contributed by atoms with Crippen LogP contribution in [0.5, 0.6) is 5.75 Å². The van der Waals surface area contributed by atoms with Crippen LogP contribution in [0.2, 0.25) is 0 Å². The number of amides is 1. The summed E-state index contributed by atoms with van der Waals surface area (Å²) in [5.41, 5.74) is 0. The standard InChI is InChI=1S/C15H14FNO4S/c1-9(21-11-5-3-10(16)4-6-11)14(18)17-13-8-7-12(22-13)15(19)20-2/h3-9H,1-2H3,(H,17,18). The molecule has 1 aromatic carbocycles. The van der Waals surface area contributed by atoms with Crippen LogP contribution in [0.25, 0.3) is 0 Å². The number of benzene rings is 1. The van der Waals surface area contributed by atoms with E-state index in [-0.39, 0.29) is 11.7 Å². The monoisotopic (exact) mass is 323 g/mol. The summed E-state index contributed by atoms with van der Waals surface area (Å²) in [5, 5.41) is 3.16. The van der Waals surface area contributed by atoms with Gasteiger partial charge in [0.25, 0.3) is 5.91 Å². The number of nitrogens with one attached hydrogen (secondary N) is 1. The van der Waals surface area contributed by atoms with Crippen molar-refractivity contribution in [3.63, 3.8) is 0 Å². The predicted octanol–water partition coefficient (Wildman–Crippen LogP) is 3.08. The summed E-state index contributed by atoms with van der Waals surface area (Å²) in [7, 11) is 1.29. The second-order valence-corrected chi connectivity index (χ2v) is 5.44. The fourth-order valence-corrected chi connectivity index (χ4v) is 2.44. The molecule has 1 heterocycles. The van der Waals surface area contributed by atoms with E-state index < -0.39 is 12.1 Å². The maximum Gasteiger partial charge on any atom is 0.348 e. The Morgan fingerprint density at radius 1 is 1.18 bits per heavy atom. The number of thiophene rings is 1. The van der Waals surface area contributed by atoms with Gasteiger partial charge in [0.1, 0.15) is 16.4 Å². The Balaban J connectivity index is 1.94. The van der Waals surface area contributed by atoms with Crippen molar-refractivity contribution in [2.24, 2.45) is 0 Å². The minimum Gasteiger partial charge on any atom is -0.481 e. The molecule has 0 fully saturated rings. The molecular formula is C15H14FNO4S. The maximum absolute atomic E-state index is 12.8. The number of carbonyl (C=O) groups is 2. The van der Waals surface area contributed by atoms with Crippen LogP contribution in [0.4, 0.5) is 9.39 Å². The molecule has 1 aromatic heterocycles. The van der Waals surface area contributed by atoms with Crippen molar-refractivity contribution in [2.75, 3.05) is 12.4 Å². The molecule has 1 N–H and O–H groups in total. The number of carbonyl (C=O) groups excluding carboxylic acids is 2. The third kappa shape index (κ3) is 4.05. The molecule has 5 nitrogen and oxygen atoms in total. The minimum atomic E-state index is -0.769. The first kappa shape index (κ1) is 16.0. The highest BCUT2D eigenvalue weighted by Gasteiger charge is 2.17. The topological polar surface area (TPSA) is 64.6 Å². The molecule has 0 bridgehead atoms. The number of rotatable bonds is 5. The molecule has 2 rings (SSSR count). The first-order chi connectivity index (χ1) is 10.5. The molecular weight excluding hydrogens is 309 g/mol. The molecule has 7 heteroatoms. The normalized spacial score (nSPS) is 11.6. The van der Waals surface area contributed by atoms with Gasteiger partial charge in [-0.15, -0.1) is 11.3 Å². The lowest BCUT2D eigenvalue weighted by atomic mass is 10.3. The Kier molecular flexibility index (Phi) is 5.11. The first-order valence-corrected chi connectivity index (χ1v) is 7.22. The summed E-state index contributed by atoms with van der Waals surface area (Å²) in [5.74, 6) is -0.812.